The fraction of sp³-hybridized carbons (Fsp3) is 0.0833. The van der Waals surface area contributed by atoms with Crippen molar-refractivity contribution in [2.75, 3.05) is 0 Å². The van der Waals surface area contributed by atoms with E-state index in [2.05, 4.69) is 20.9 Å². The minimum Gasteiger partial charge on any atom is -0.477 e. The van der Waals surface area contributed by atoms with Crippen LogP contribution in [0.2, 0.25) is 0 Å². The predicted molar refractivity (Wildman–Crippen MR) is 67.7 cm³/mol. The molecule has 0 amide bonds. The molecule has 0 radical (unpaired) electrons. The lowest BCUT2D eigenvalue weighted by Gasteiger charge is -1.97. The average Bonchev–Trinajstić information content (AvgIpc) is 2.70. The highest BCUT2D eigenvalue weighted by Gasteiger charge is 2.16. The number of hydrogen-bond acceptors (Lipinski definition) is 3. The average molecular weight is 309 g/mol. The van der Waals surface area contributed by atoms with Gasteiger partial charge in [0.2, 0.25) is 0 Å². The lowest BCUT2D eigenvalue weighted by Crippen LogP contribution is -2.02. The van der Waals surface area contributed by atoms with E-state index in [9.17, 15) is 9.59 Å². The lowest BCUT2D eigenvalue weighted by atomic mass is 10.1. The number of pyridine rings is 1. The second-order valence-corrected chi connectivity index (χ2v) is 4.67. The first-order valence-electron chi connectivity index (χ1n) is 5.04. The number of hydrogen-bond donors (Lipinski definition) is 1. The van der Waals surface area contributed by atoms with Gasteiger partial charge in [-0.25, -0.2) is 4.79 Å². The van der Waals surface area contributed by atoms with E-state index in [0.717, 1.165) is 0 Å². The molecule has 0 bridgehead atoms. The van der Waals surface area contributed by atoms with E-state index in [1.807, 2.05) is 0 Å². The summed E-state index contributed by atoms with van der Waals surface area (Å²) in [5.41, 5.74) is 0.808. The SMILES string of the molecule is Cn1cc(C(=O)c2cncc(Br)c2)cc1C(=O)O. The van der Waals surface area contributed by atoms with E-state index in [0.29, 0.717) is 15.6 Å². The van der Waals surface area contributed by atoms with Crippen LogP contribution in [0.3, 0.4) is 0 Å². The number of aryl methyl sites for hydroxylation is 1. The van der Waals surface area contributed by atoms with Crippen LogP contribution in [-0.4, -0.2) is 26.4 Å². The van der Waals surface area contributed by atoms with Crippen molar-refractivity contribution in [3.63, 3.8) is 0 Å². The van der Waals surface area contributed by atoms with Crippen molar-refractivity contribution in [3.05, 3.63) is 52.0 Å². The van der Waals surface area contributed by atoms with Gasteiger partial charge in [-0.2, -0.15) is 0 Å². The first kappa shape index (κ1) is 12.5. The van der Waals surface area contributed by atoms with Crippen LogP contribution in [0.4, 0.5) is 0 Å². The number of rotatable bonds is 3. The molecule has 0 aliphatic heterocycles. The van der Waals surface area contributed by atoms with Gasteiger partial charge in [0.15, 0.2) is 5.78 Å². The van der Waals surface area contributed by atoms with E-state index in [1.54, 1.807) is 19.3 Å². The second-order valence-electron chi connectivity index (χ2n) is 3.75. The number of halogens is 1. The molecule has 0 aliphatic carbocycles. The van der Waals surface area contributed by atoms with Crippen molar-refractivity contribution in [2.24, 2.45) is 7.05 Å². The van der Waals surface area contributed by atoms with Crippen LogP contribution in [0, 0.1) is 0 Å². The molecular formula is C12H9BrN2O3. The Hall–Kier alpha value is -1.95. The summed E-state index contributed by atoms with van der Waals surface area (Å²) in [6, 6.07) is 2.99. The first-order valence-corrected chi connectivity index (χ1v) is 5.83. The number of aromatic carboxylic acids is 1. The van der Waals surface area contributed by atoms with Gasteiger partial charge >= 0.3 is 5.97 Å². The summed E-state index contributed by atoms with van der Waals surface area (Å²) in [7, 11) is 1.58. The maximum atomic E-state index is 12.1. The van der Waals surface area contributed by atoms with Crippen molar-refractivity contribution >= 4 is 27.7 Å². The van der Waals surface area contributed by atoms with Gasteiger partial charge in [-0.3, -0.25) is 9.78 Å². The summed E-state index contributed by atoms with van der Waals surface area (Å²) >= 11 is 3.23. The minimum absolute atomic E-state index is 0.0707. The Bertz CT molecular complexity index is 634. The molecule has 0 atom stereocenters. The van der Waals surface area contributed by atoms with Gasteiger partial charge in [0.05, 0.1) is 0 Å². The molecule has 0 spiro atoms. The maximum absolute atomic E-state index is 12.1. The Labute approximate surface area is 111 Å². The van der Waals surface area contributed by atoms with Crippen molar-refractivity contribution < 1.29 is 14.7 Å². The molecule has 2 aromatic heterocycles. The third-order valence-corrected chi connectivity index (χ3v) is 2.89. The quantitative estimate of drug-likeness (QED) is 0.882. The number of carboxylic acid groups (broad SMARTS) is 1. The molecule has 0 aromatic carbocycles. The Balaban J connectivity index is 2.40. The number of nitrogens with zero attached hydrogens (tertiary/aromatic N) is 2. The first-order chi connectivity index (χ1) is 8.49. The van der Waals surface area contributed by atoms with Crippen LogP contribution in [0.15, 0.2) is 35.2 Å². The van der Waals surface area contributed by atoms with E-state index >= 15 is 0 Å². The third kappa shape index (κ3) is 2.33. The van der Waals surface area contributed by atoms with Crippen LogP contribution in [0.25, 0.3) is 0 Å². The smallest absolute Gasteiger partial charge is 0.352 e. The number of aromatic nitrogens is 2. The molecule has 2 rings (SSSR count). The Kier molecular flexibility index (Phi) is 3.29. The molecule has 0 saturated heterocycles. The van der Waals surface area contributed by atoms with Gasteiger partial charge in [-0.05, 0) is 28.1 Å². The van der Waals surface area contributed by atoms with Crippen LogP contribution < -0.4 is 0 Å². The van der Waals surface area contributed by atoms with E-state index < -0.39 is 5.97 Å². The largest absolute Gasteiger partial charge is 0.477 e. The molecule has 1 N–H and O–H groups in total. The standard InChI is InChI=1S/C12H9BrN2O3/c1-15-6-8(3-10(15)12(17)18)11(16)7-2-9(13)5-14-4-7/h2-6H,1H3,(H,17,18). The Morgan fingerprint density at radius 3 is 2.56 bits per heavy atom. The fourth-order valence-electron chi connectivity index (χ4n) is 1.60. The third-order valence-electron chi connectivity index (χ3n) is 2.45. The lowest BCUT2D eigenvalue weighted by molar-refractivity contribution is 0.0686. The maximum Gasteiger partial charge on any atom is 0.352 e. The van der Waals surface area contributed by atoms with Crippen LogP contribution in [-0.2, 0) is 7.05 Å². The van der Waals surface area contributed by atoms with Crippen LogP contribution >= 0.6 is 15.9 Å². The molecule has 0 fully saturated rings. The van der Waals surface area contributed by atoms with Crippen molar-refractivity contribution in [2.45, 2.75) is 0 Å². The summed E-state index contributed by atoms with van der Waals surface area (Å²) in [6.45, 7) is 0. The minimum atomic E-state index is -1.07. The van der Waals surface area contributed by atoms with Crippen LogP contribution in [0.1, 0.15) is 26.4 Å². The molecule has 92 valence electrons. The highest BCUT2D eigenvalue weighted by molar-refractivity contribution is 9.10. The number of ketones is 1. The zero-order valence-electron chi connectivity index (χ0n) is 9.42. The molecular weight excluding hydrogens is 300 g/mol. The van der Waals surface area contributed by atoms with Crippen LogP contribution in [0.5, 0.6) is 0 Å². The van der Waals surface area contributed by atoms with E-state index in [-0.39, 0.29) is 11.5 Å². The zero-order valence-corrected chi connectivity index (χ0v) is 11.0. The molecule has 2 aromatic rings. The number of carbonyl (C=O) groups excluding carboxylic acids is 1. The monoisotopic (exact) mass is 308 g/mol. The normalized spacial score (nSPS) is 10.3. The van der Waals surface area contributed by atoms with Gasteiger partial charge in [-0.15, -0.1) is 0 Å². The highest BCUT2D eigenvalue weighted by atomic mass is 79.9. The number of carbonyl (C=O) groups is 2. The molecule has 0 aliphatic rings. The van der Waals surface area contributed by atoms with Gasteiger partial charge in [0.25, 0.3) is 0 Å². The fourth-order valence-corrected chi connectivity index (χ4v) is 1.97. The molecule has 6 heteroatoms. The highest BCUT2D eigenvalue weighted by Crippen LogP contribution is 2.16. The molecule has 2 heterocycles. The molecule has 18 heavy (non-hydrogen) atoms. The summed E-state index contributed by atoms with van der Waals surface area (Å²) in [5.74, 6) is -1.32. The zero-order chi connectivity index (χ0) is 13.3. The molecule has 0 saturated carbocycles. The van der Waals surface area contributed by atoms with Crippen molar-refractivity contribution in [3.8, 4) is 0 Å². The van der Waals surface area contributed by atoms with Crippen molar-refractivity contribution in [1.29, 1.82) is 0 Å². The number of carboxylic acids is 1. The summed E-state index contributed by atoms with van der Waals surface area (Å²) < 4.78 is 2.10. The predicted octanol–water partition coefficient (Wildman–Crippen LogP) is 2.11. The topological polar surface area (TPSA) is 72.2 Å². The summed E-state index contributed by atoms with van der Waals surface area (Å²) in [5, 5.41) is 8.92. The Morgan fingerprint density at radius 1 is 1.28 bits per heavy atom. The van der Waals surface area contributed by atoms with Crippen molar-refractivity contribution in [1.82, 2.24) is 9.55 Å². The van der Waals surface area contributed by atoms with E-state index in [1.165, 1.54) is 23.0 Å². The summed E-state index contributed by atoms with van der Waals surface area (Å²) in [6.07, 6.45) is 4.51. The van der Waals surface area contributed by atoms with Gasteiger partial charge in [0.1, 0.15) is 5.69 Å². The summed E-state index contributed by atoms with van der Waals surface area (Å²) in [4.78, 5) is 26.9. The van der Waals surface area contributed by atoms with Gasteiger partial charge in [-0.1, -0.05) is 0 Å². The van der Waals surface area contributed by atoms with E-state index in [4.69, 9.17) is 5.11 Å². The second kappa shape index (κ2) is 4.73. The van der Waals surface area contributed by atoms with Gasteiger partial charge in [0, 0.05) is 41.2 Å². The van der Waals surface area contributed by atoms with Gasteiger partial charge < -0.3 is 9.67 Å². The molecule has 0 unspecified atom stereocenters. The molecule has 5 nitrogen and oxygen atoms in total. The Morgan fingerprint density at radius 2 is 2.00 bits per heavy atom.